The Morgan fingerprint density at radius 3 is 2.44 bits per heavy atom. The Bertz CT molecular complexity index is 413. The normalized spacial score (nSPS) is 12.8. The molecule has 0 saturated heterocycles. The maximum absolute atomic E-state index is 9.70. The van der Waals surface area contributed by atoms with Crippen LogP contribution in [-0.2, 0) is 0 Å². The molecule has 4 N–H and O–H groups in total. The van der Waals surface area contributed by atoms with Crippen LogP contribution < -0.4 is 10.5 Å². The van der Waals surface area contributed by atoms with E-state index in [0.717, 1.165) is 5.56 Å². The molecule has 1 aromatic rings. The van der Waals surface area contributed by atoms with Gasteiger partial charge in [-0.15, -0.1) is 12.4 Å². The number of benzene rings is 1. The van der Waals surface area contributed by atoms with Crippen molar-refractivity contribution in [3.63, 3.8) is 0 Å². The van der Waals surface area contributed by atoms with E-state index >= 15 is 0 Å². The Morgan fingerprint density at radius 2 is 2.00 bits per heavy atom. The second-order valence-electron chi connectivity index (χ2n) is 4.68. The molecule has 0 aliphatic heterocycles. The largest absolute Gasteiger partial charge is 0.503 e. The second-order valence-corrected chi connectivity index (χ2v) is 5.53. The van der Waals surface area contributed by atoms with Gasteiger partial charge in [0.2, 0.25) is 0 Å². The lowest BCUT2D eigenvalue weighted by molar-refractivity contribution is 0.132. The topological polar surface area (TPSA) is 75.7 Å². The van der Waals surface area contributed by atoms with Crippen molar-refractivity contribution in [3.05, 3.63) is 22.2 Å². The molecule has 0 heterocycles. The minimum Gasteiger partial charge on any atom is -0.503 e. The van der Waals surface area contributed by atoms with Gasteiger partial charge in [-0.3, -0.25) is 0 Å². The van der Waals surface area contributed by atoms with E-state index in [9.17, 15) is 10.2 Å². The molecule has 0 unspecified atom stereocenters. The summed E-state index contributed by atoms with van der Waals surface area (Å²) < 4.78 is 5.59. The first-order valence-corrected chi connectivity index (χ1v) is 6.05. The molecule has 4 nitrogen and oxygen atoms in total. The number of ether oxygens (including phenoxy) is 1. The molecule has 0 aliphatic carbocycles. The molecule has 104 valence electrons. The van der Waals surface area contributed by atoms with E-state index in [1.807, 2.05) is 13.8 Å². The number of aliphatic hydroxyl groups excluding tert-OH is 1. The Labute approximate surface area is 122 Å². The van der Waals surface area contributed by atoms with Crippen LogP contribution in [0.1, 0.15) is 25.5 Å². The quantitative estimate of drug-likeness (QED) is 0.787. The van der Waals surface area contributed by atoms with E-state index in [4.69, 9.17) is 10.5 Å². The molecule has 0 spiro atoms. The number of rotatable bonds is 4. The van der Waals surface area contributed by atoms with Gasteiger partial charge in [0.05, 0.1) is 11.6 Å². The number of hydrogen-bond donors (Lipinski definition) is 3. The predicted octanol–water partition coefficient (Wildman–Crippen LogP) is 2.60. The molecule has 0 aromatic heterocycles. The number of aliphatic hydroxyl groups is 1. The highest BCUT2D eigenvalue weighted by Crippen LogP contribution is 2.40. The monoisotopic (exact) mass is 339 g/mol. The van der Waals surface area contributed by atoms with Crippen molar-refractivity contribution in [2.45, 2.75) is 19.9 Å². The summed E-state index contributed by atoms with van der Waals surface area (Å²) in [5.41, 5.74) is 6.46. The highest BCUT2D eigenvalue weighted by molar-refractivity contribution is 9.10. The molecule has 0 bridgehead atoms. The van der Waals surface area contributed by atoms with Gasteiger partial charge in [0.25, 0.3) is 0 Å². The Hall–Kier alpha value is -0.490. The maximum atomic E-state index is 9.70. The van der Waals surface area contributed by atoms with Crippen LogP contribution in [0.2, 0.25) is 0 Å². The van der Waals surface area contributed by atoms with E-state index in [2.05, 4.69) is 15.9 Å². The summed E-state index contributed by atoms with van der Waals surface area (Å²) in [5.74, 6) is 0.406. The van der Waals surface area contributed by atoms with Gasteiger partial charge < -0.3 is 20.7 Å². The number of phenols is 1. The Morgan fingerprint density at radius 1 is 1.44 bits per heavy atom. The third kappa shape index (κ3) is 3.51. The molecule has 18 heavy (non-hydrogen) atoms. The highest BCUT2D eigenvalue weighted by Gasteiger charge is 2.28. The van der Waals surface area contributed by atoms with Gasteiger partial charge in [0, 0.05) is 18.1 Å². The van der Waals surface area contributed by atoms with E-state index in [1.54, 1.807) is 12.1 Å². The van der Waals surface area contributed by atoms with Crippen LogP contribution >= 0.6 is 28.3 Å². The summed E-state index contributed by atoms with van der Waals surface area (Å²) in [6, 6.07) is 3.07. The molecule has 0 saturated carbocycles. The zero-order valence-electron chi connectivity index (χ0n) is 10.6. The van der Waals surface area contributed by atoms with Crippen molar-refractivity contribution in [1.82, 2.24) is 0 Å². The number of aromatic hydroxyl groups is 1. The molecule has 6 heteroatoms. The zero-order chi connectivity index (χ0) is 13.2. The zero-order valence-corrected chi connectivity index (χ0v) is 13.0. The number of methoxy groups -OCH3 is 1. The van der Waals surface area contributed by atoms with Crippen molar-refractivity contribution < 1.29 is 14.9 Å². The van der Waals surface area contributed by atoms with Crippen LogP contribution in [0.4, 0.5) is 0 Å². The summed E-state index contributed by atoms with van der Waals surface area (Å²) in [5, 5.41) is 19.0. The SMILES string of the molecule is COc1cc([C@H](N)C(C)(C)CO)cc(Br)c1O.Cl. The highest BCUT2D eigenvalue weighted by atomic mass is 79.9. The number of nitrogens with two attached hydrogens (primary N) is 1. The van der Waals surface area contributed by atoms with E-state index in [1.165, 1.54) is 7.11 Å². The van der Waals surface area contributed by atoms with Gasteiger partial charge in [0.1, 0.15) is 0 Å². The summed E-state index contributed by atoms with van der Waals surface area (Å²) in [6.07, 6.45) is 0. The lowest BCUT2D eigenvalue weighted by Gasteiger charge is -2.30. The van der Waals surface area contributed by atoms with Gasteiger partial charge in [-0.1, -0.05) is 13.8 Å². The lowest BCUT2D eigenvalue weighted by atomic mass is 9.82. The third-order valence-corrected chi connectivity index (χ3v) is 3.48. The van der Waals surface area contributed by atoms with E-state index < -0.39 is 5.41 Å². The fraction of sp³-hybridized carbons (Fsp3) is 0.500. The Kier molecular flexibility index (Phi) is 6.43. The molecular weight excluding hydrogens is 321 g/mol. The minimum atomic E-state index is -0.443. The number of phenolic OH excluding ortho intramolecular Hbond substituents is 1. The van der Waals surface area contributed by atoms with Crippen molar-refractivity contribution in [1.29, 1.82) is 0 Å². The van der Waals surface area contributed by atoms with Gasteiger partial charge in [-0.05, 0) is 33.6 Å². The van der Waals surface area contributed by atoms with Crippen molar-refractivity contribution >= 4 is 28.3 Å². The van der Waals surface area contributed by atoms with E-state index in [-0.39, 0.29) is 30.8 Å². The average molecular weight is 341 g/mol. The fourth-order valence-electron chi connectivity index (χ4n) is 1.48. The first kappa shape index (κ1) is 17.5. The summed E-state index contributed by atoms with van der Waals surface area (Å²) in [7, 11) is 1.48. The molecule has 0 radical (unpaired) electrons. The summed E-state index contributed by atoms with van der Waals surface area (Å²) in [4.78, 5) is 0. The lowest BCUT2D eigenvalue weighted by Crippen LogP contribution is -2.32. The maximum Gasteiger partial charge on any atom is 0.172 e. The minimum absolute atomic E-state index is 0. The molecule has 1 aromatic carbocycles. The van der Waals surface area contributed by atoms with E-state index in [0.29, 0.717) is 10.2 Å². The van der Waals surface area contributed by atoms with Crippen LogP contribution in [-0.4, -0.2) is 23.9 Å². The number of halogens is 2. The van der Waals surface area contributed by atoms with Gasteiger partial charge in [0.15, 0.2) is 11.5 Å². The molecule has 1 atom stereocenters. The first-order valence-electron chi connectivity index (χ1n) is 5.26. The summed E-state index contributed by atoms with van der Waals surface area (Å²) in [6.45, 7) is 3.74. The molecule has 0 aliphatic rings. The van der Waals surface area contributed by atoms with Crippen LogP contribution in [0.15, 0.2) is 16.6 Å². The first-order chi connectivity index (χ1) is 7.83. The Balaban J connectivity index is 0.00000289. The predicted molar refractivity (Wildman–Crippen MR) is 77.4 cm³/mol. The molecular formula is C12H19BrClNO3. The molecule has 0 amide bonds. The average Bonchev–Trinajstić information content (AvgIpc) is 2.31. The van der Waals surface area contributed by atoms with Gasteiger partial charge in [-0.25, -0.2) is 0 Å². The molecule has 1 rings (SSSR count). The third-order valence-electron chi connectivity index (χ3n) is 2.88. The smallest absolute Gasteiger partial charge is 0.172 e. The molecule has 0 fully saturated rings. The van der Waals surface area contributed by atoms with Crippen molar-refractivity contribution in [2.75, 3.05) is 13.7 Å². The van der Waals surface area contributed by atoms with Crippen LogP contribution in [0.5, 0.6) is 11.5 Å². The van der Waals surface area contributed by atoms with Crippen LogP contribution in [0.25, 0.3) is 0 Å². The fourth-order valence-corrected chi connectivity index (χ4v) is 1.94. The van der Waals surface area contributed by atoms with Gasteiger partial charge in [-0.2, -0.15) is 0 Å². The van der Waals surface area contributed by atoms with Gasteiger partial charge >= 0.3 is 0 Å². The van der Waals surface area contributed by atoms with Crippen molar-refractivity contribution in [3.8, 4) is 11.5 Å². The summed E-state index contributed by atoms with van der Waals surface area (Å²) >= 11 is 3.25. The van der Waals surface area contributed by atoms with Crippen LogP contribution in [0, 0.1) is 5.41 Å². The standard InChI is InChI=1S/C12H18BrNO3.ClH/c1-12(2,6-15)11(14)7-4-8(13)10(16)9(5-7)17-3;/h4-5,11,15-16H,6,14H2,1-3H3;1H/t11-;/m0./s1. The number of hydrogen-bond acceptors (Lipinski definition) is 4. The van der Waals surface area contributed by atoms with Crippen LogP contribution in [0.3, 0.4) is 0 Å². The second kappa shape index (κ2) is 6.61. The van der Waals surface area contributed by atoms with Crippen molar-refractivity contribution in [2.24, 2.45) is 11.1 Å².